The average molecular weight is 546 g/mol. The van der Waals surface area contributed by atoms with E-state index in [4.69, 9.17) is 11.6 Å². The summed E-state index contributed by atoms with van der Waals surface area (Å²) in [6.07, 6.45) is 22.4. The number of hydrogen-bond acceptors (Lipinski definition) is 3. The first-order valence-corrected chi connectivity index (χ1v) is 16.5. The predicted molar refractivity (Wildman–Crippen MR) is 156 cm³/mol. The van der Waals surface area contributed by atoms with Gasteiger partial charge in [0, 0.05) is 5.88 Å². The zero-order valence-electron chi connectivity index (χ0n) is 23.9. The highest BCUT2D eigenvalue weighted by atomic mass is 35.5. The highest BCUT2D eigenvalue weighted by Gasteiger charge is 2.20. The van der Waals surface area contributed by atoms with E-state index in [1.807, 2.05) is 6.92 Å². The van der Waals surface area contributed by atoms with Crippen LogP contribution in [0.3, 0.4) is 0 Å². The fraction of sp³-hybridized carbons (Fsp3) is 0.800. The first kappa shape index (κ1) is 35.4. The van der Waals surface area contributed by atoms with Gasteiger partial charge in [-0.15, -0.1) is 11.6 Å². The maximum Gasteiger partial charge on any atom is 0.124 e. The van der Waals surface area contributed by atoms with Gasteiger partial charge in [0.15, 0.2) is 0 Å². The van der Waals surface area contributed by atoms with Gasteiger partial charge in [0.25, 0.3) is 0 Å². The van der Waals surface area contributed by atoms with Crippen LogP contribution in [0, 0.1) is 6.92 Å². The van der Waals surface area contributed by atoms with E-state index in [-0.39, 0.29) is 4.90 Å². The number of nitrogens with zero attached hydrogens (tertiary/aromatic N) is 1. The van der Waals surface area contributed by atoms with Gasteiger partial charge in [-0.1, -0.05) is 95.8 Å². The first-order valence-electron chi connectivity index (χ1n) is 14.6. The molecule has 36 heavy (non-hydrogen) atoms. The van der Waals surface area contributed by atoms with Crippen molar-refractivity contribution in [3.8, 4) is 0 Å². The lowest BCUT2D eigenvalue weighted by molar-refractivity contribution is -0.910. The van der Waals surface area contributed by atoms with Crippen molar-refractivity contribution in [2.24, 2.45) is 0 Å². The summed E-state index contributed by atoms with van der Waals surface area (Å²) in [5.41, 5.74) is 0.928. The molecule has 0 radical (unpaired) electrons. The van der Waals surface area contributed by atoms with Gasteiger partial charge in [-0.05, 0) is 57.6 Å². The lowest BCUT2D eigenvalue weighted by Crippen LogP contribution is -2.46. The van der Waals surface area contributed by atoms with Crippen LogP contribution in [-0.4, -0.2) is 50.0 Å². The molecule has 0 spiro atoms. The molecule has 0 aromatic heterocycles. The van der Waals surface area contributed by atoms with Crippen LogP contribution in [0.4, 0.5) is 0 Å². The third-order valence-corrected chi connectivity index (χ3v) is 8.11. The Labute approximate surface area is 229 Å². The molecule has 0 unspecified atom stereocenters. The second-order valence-corrected chi connectivity index (χ2v) is 12.5. The second-order valence-electron chi connectivity index (χ2n) is 10.7. The number of hydrogen-bond donors (Lipinski definition) is 0. The average Bonchev–Trinajstić information content (AvgIpc) is 2.83. The summed E-state index contributed by atoms with van der Waals surface area (Å²) in [7, 11) is -1.77. The fourth-order valence-corrected chi connectivity index (χ4v) is 5.19. The van der Waals surface area contributed by atoms with Crippen LogP contribution in [0.15, 0.2) is 29.2 Å². The summed E-state index contributed by atoms with van der Waals surface area (Å²) in [6.45, 7) is 10.5. The van der Waals surface area contributed by atoms with E-state index in [1.54, 1.807) is 12.1 Å². The van der Waals surface area contributed by atoms with E-state index < -0.39 is 10.1 Å². The number of aryl methyl sites for hydroxylation is 1. The van der Waals surface area contributed by atoms with Crippen molar-refractivity contribution in [2.45, 2.75) is 128 Å². The molecule has 0 bridgehead atoms. The van der Waals surface area contributed by atoms with Gasteiger partial charge < -0.3 is 9.04 Å². The third-order valence-electron chi connectivity index (χ3n) is 6.99. The van der Waals surface area contributed by atoms with Crippen molar-refractivity contribution in [2.75, 3.05) is 32.6 Å². The zero-order chi connectivity index (χ0) is 27.1. The zero-order valence-corrected chi connectivity index (χ0v) is 25.5. The quantitative estimate of drug-likeness (QED) is 0.0670. The molecule has 0 N–H and O–H groups in total. The molecule has 0 aliphatic rings. The predicted octanol–water partition coefficient (Wildman–Crippen LogP) is 8.85. The summed E-state index contributed by atoms with van der Waals surface area (Å²) in [5.74, 6) is 0.828. The van der Waals surface area contributed by atoms with Crippen LogP contribution in [0.2, 0.25) is 0 Å². The van der Waals surface area contributed by atoms with Crippen LogP contribution >= 0.6 is 11.6 Å². The second kappa shape index (κ2) is 22.4. The van der Waals surface area contributed by atoms with Gasteiger partial charge in [-0.3, -0.25) is 0 Å². The van der Waals surface area contributed by atoms with E-state index in [2.05, 4.69) is 20.9 Å². The molecular formula is C30H56ClNO3S. The van der Waals surface area contributed by atoms with Gasteiger partial charge in [-0.25, -0.2) is 8.42 Å². The van der Waals surface area contributed by atoms with Gasteiger partial charge in [-0.2, -0.15) is 0 Å². The van der Waals surface area contributed by atoms with E-state index in [9.17, 15) is 13.0 Å². The van der Waals surface area contributed by atoms with Gasteiger partial charge in [0.1, 0.15) is 10.1 Å². The molecule has 0 atom stereocenters. The Bertz CT molecular complexity index is 704. The molecule has 0 aliphatic heterocycles. The lowest BCUT2D eigenvalue weighted by atomic mass is 10.1. The molecule has 1 rings (SSSR count). The number of quaternary nitrogens is 1. The molecule has 0 fully saturated rings. The Balaban J connectivity index is 0.000000918. The SMILES string of the molecule is CCCCCCCCC[N+](C)(CCCCCl)CCCCCCCCC.Cc1ccc(S(=O)(=O)[O-])cc1. The van der Waals surface area contributed by atoms with E-state index in [0.29, 0.717) is 0 Å². The van der Waals surface area contributed by atoms with Crippen molar-refractivity contribution < 1.29 is 17.5 Å². The Morgan fingerprint density at radius 1 is 0.667 bits per heavy atom. The Morgan fingerprint density at radius 3 is 1.39 bits per heavy atom. The van der Waals surface area contributed by atoms with Crippen molar-refractivity contribution in [1.82, 2.24) is 0 Å². The van der Waals surface area contributed by atoms with Crippen LogP contribution in [0.25, 0.3) is 0 Å². The molecule has 0 saturated carbocycles. The maximum absolute atomic E-state index is 10.4. The minimum atomic E-state index is -4.27. The standard InChI is InChI=1S/C23H49ClN.C7H8O3S/c1-4-6-8-10-12-14-17-21-25(3,23-19-16-20-24)22-18-15-13-11-9-7-5-2;1-6-2-4-7(5-3-6)11(8,9)10/h4-23H2,1-3H3;2-5H,1H3,(H,8,9,10)/q+1;/p-1. The monoisotopic (exact) mass is 545 g/mol. The Morgan fingerprint density at radius 2 is 1.03 bits per heavy atom. The van der Waals surface area contributed by atoms with Crippen LogP contribution in [0.5, 0.6) is 0 Å². The molecule has 0 saturated heterocycles. The topological polar surface area (TPSA) is 57.2 Å². The molecule has 6 heteroatoms. The molecule has 1 aromatic carbocycles. The first-order chi connectivity index (χ1) is 17.2. The minimum Gasteiger partial charge on any atom is -0.744 e. The third kappa shape index (κ3) is 20.4. The summed E-state index contributed by atoms with van der Waals surface area (Å²) >= 11 is 5.90. The molecular weight excluding hydrogens is 490 g/mol. The summed E-state index contributed by atoms with van der Waals surface area (Å²) in [4.78, 5) is -0.178. The number of benzene rings is 1. The minimum absolute atomic E-state index is 0.178. The highest BCUT2D eigenvalue weighted by molar-refractivity contribution is 7.85. The number of unbranched alkanes of at least 4 members (excludes halogenated alkanes) is 13. The fourth-order valence-electron chi connectivity index (χ4n) is 4.53. The molecule has 4 nitrogen and oxygen atoms in total. The largest absolute Gasteiger partial charge is 0.744 e. The smallest absolute Gasteiger partial charge is 0.124 e. The molecule has 0 heterocycles. The summed E-state index contributed by atoms with van der Waals surface area (Å²) in [6, 6.07) is 5.78. The number of rotatable bonds is 21. The van der Waals surface area contributed by atoms with E-state index in [1.165, 1.54) is 139 Å². The van der Waals surface area contributed by atoms with E-state index >= 15 is 0 Å². The van der Waals surface area contributed by atoms with E-state index in [0.717, 1.165) is 11.4 Å². The molecule has 0 amide bonds. The van der Waals surface area contributed by atoms with Crippen molar-refractivity contribution in [3.63, 3.8) is 0 Å². The van der Waals surface area contributed by atoms with Crippen LogP contribution in [0.1, 0.15) is 122 Å². The summed E-state index contributed by atoms with van der Waals surface area (Å²) in [5, 5.41) is 0. The highest BCUT2D eigenvalue weighted by Crippen LogP contribution is 2.15. The van der Waals surface area contributed by atoms with Crippen molar-refractivity contribution >= 4 is 21.7 Å². The Hall–Kier alpha value is -0.620. The number of halogens is 1. The van der Waals surface area contributed by atoms with Crippen molar-refractivity contribution in [3.05, 3.63) is 29.8 Å². The molecule has 0 aliphatic carbocycles. The van der Waals surface area contributed by atoms with Gasteiger partial charge in [0.2, 0.25) is 0 Å². The maximum atomic E-state index is 10.4. The number of alkyl halides is 1. The summed E-state index contributed by atoms with van der Waals surface area (Å²) < 4.78 is 32.5. The van der Waals surface area contributed by atoms with Crippen molar-refractivity contribution in [1.29, 1.82) is 0 Å². The van der Waals surface area contributed by atoms with Crippen LogP contribution in [-0.2, 0) is 10.1 Å². The molecule has 212 valence electrons. The Kier molecular flexibility index (Phi) is 22.0. The van der Waals surface area contributed by atoms with Gasteiger partial charge in [0.05, 0.1) is 31.6 Å². The van der Waals surface area contributed by atoms with Gasteiger partial charge >= 0.3 is 0 Å². The lowest BCUT2D eigenvalue weighted by Gasteiger charge is -2.35. The van der Waals surface area contributed by atoms with Crippen LogP contribution < -0.4 is 0 Å². The molecule has 1 aromatic rings. The normalized spacial score (nSPS) is 11.8.